The van der Waals surface area contributed by atoms with Crippen LogP contribution in [0.2, 0.25) is 19.6 Å². The van der Waals surface area contributed by atoms with E-state index < -0.39 is 8.07 Å². The fourth-order valence-corrected chi connectivity index (χ4v) is 10.5. The Morgan fingerprint density at radius 2 is 1.27 bits per heavy atom. The van der Waals surface area contributed by atoms with Crippen molar-refractivity contribution in [3.05, 3.63) is 169 Å². The minimum Gasteiger partial charge on any atom is -0.333 e. The predicted molar refractivity (Wildman–Crippen MR) is 253 cm³/mol. The number of hydrogen-bond donors (Lipinski definition) is 0. The van der Waals surface area contributed by atoms with Crippen LogP contribution < -0.4 is 5.19 Å². The summed E-state index contributed by atoms with van der Waals surface area (Å²) < 4.78 is 4.97. The fourth-order valence-electron chi connectivity index (χ4n) is 8.19. The van der Waals surface area contributed by atoms with Crippen molar-refractivity contribution in [2.75, 3.05) is 0 Å². The van der Waals surface area contributed by atoms with Gasteiger partial charge in [0.05, 0.1) is 24.9 Å². The van der Waals surface area contributed by atoms with Gasteiger partial charge in [-0.15, -0.1) is 54.1 Å². The van der Waals surface area contributed by atoms with Crippen LogP contribution in [0.1, 0.15) is 50.7 Å². The molecule has 0 unspecified atom stereocenters. The molecule has 10 aromatic rings. The van der Waals surface area contributed by atoms with Crippen molar-refractivity contribution in [2.24, 2.45) is 0 Å². The van der Waals surface area contributed by atoms with Crippen LogP contribution in [-0.4, -0.2) is 22.6 Å². The Morgan fingerprint density at radius 1 is 0.593 bits per heavy atom. The van der Waals surface area contributed by atoms with E-state index in [1.165, 1.54) is 63.7 Å². The van der Waals surface area contributed by atoms with E-state index in [0.717, 1.165) is 33.7 Å². The number of aromatic nitrogens is 3. The van der Waals surface area contributed by atoms with Gasteiger partial charge in [0.15, 0.2) is 0 Å². The molecule has 295 valence electrons. The first kappa shape index (κ1) is 40.5. The van der Waals surface area contributed by atoms with Gasteiger partial charge in [-0.1, -0.05) is 149 Å². The summed E-state index contributed by atoms with van der Waals surface area (Å²) in [4.78, 5) is 9.84. The summed E-state index contributed by atoms with van der Waals surface area (Å²) in [6.07, 6.45) is 2.02. The van der Waals surface area contributed by atoms with E-state index in [0.29, 0.717) is 11.8 Å². The third-order valence-corrected chi connectivity index (χ3v) is 14.6. The third-order valence-electron chi connectivity index (χ3n) is 11.3. The number of para-hydroxylation sites is 3. The molecule has 0 N–H and O–H groups in total. The molecule has 0 amide bonds. The van der Waals surface area contributed by atoms with E-state index in [-0.39, 0.29) is 20.1 Å². The molecular formula is C53H47IrN3SSi-2. The topological polar surface area (TPSA) is 30.7 Å². The molecule has 0 bridgehead atoms. The summed E-state index contributed by atoms with van der Waals surface area (Å²) in [5.74, 6) is 1.70. The molecule has 0 saturated carbocycles. The first-order valence-electron chi connectivity index (χ1n) is 20.3. The number of thiophene rings is 1. The van der Waals surface area contributed by atoms with Gasteiger partial charge in [0.2, 0.25) is 0 Å². The minimum atomic E-state index is -1.23. The molecule has 3 heterocycles. The second-order valence-electron chi connectivity index (χ2n) is 16.8. The minimum absolute atomic E-state index is 0. The van der Waals surface area contributed by atoms with Crippen LogP contribution in [0.4, 0.5) is 0 Å². The van der Waals surface area contributed by atoms with E-state index in [1.54, 1.807) is 0 Å². The van der Waals surface area contributed by atoms with Gasteiger partial charge < -0.3 is 9.55 Å². The standard InChI is InChI=1S/C39H31N2S.C14H16NSi.Ir/c1-23(2)26-13-9-14-27(24(3)4)36(26)41-35-18-8-7-17-34(35)40-39(41)33-16-10-15-30-32-22-21-29-28-12-6-5-11-25(28)19-20-31(29)37(32)42-38(30)33;1-16(2,3)13-9-10-14(15-11-13)12-7-5-4-6-8-12;/h5-15,17-24H,1-4H3;4-7,9-11H,1-3H3;/q2*-1;. The normalized spacial score (nSPS) is 11.8. The second-order valence-corrected chi connectivity index (χ2v) is 22.9. The number of imidazole rings is 1. The van der Waals surface area contributed by atoms with Crippen LogP contribution in [0.25, 0.3) is 81.1 Å². The van der Waals surface area contributed by atoms with E-state index >= 15 is 0 Å². The van der Waals surface area contributed by atoms with Crippen LogP contribution in [0.5, 0.6) is 0 Å². The quantitative estimate of drug-likeness (QED) is 0.0944. The van der Waals surface area contributed by atoms with Crippen LogP contribution in [0, 0.1) is 12.1 Å². The van der Waals surface area contributed by atoms with Gasteiger partial charge in [0.1, 0.15) is 0 Å². The van der Waals surface area contributed by atoms with Gasteiger partial charge in [-0.25, -0.2) is 0 Å². The van der Waals surface area contributed by atoms with Crippen LogP contribution in [-0.2, 0) is 20.1 Å². The largest absolute Gasteiger partial charge is 0.333 e. The third kappa shape index (κ3) is 7.49. The van der Waals surface area contributed by atoms with Crippen LogP contribution >= 0.6 is 11.3 Å². The molecule has 6 heteroatoms. The maximum atomic E-state index is 5.32. The van der Waals surface area contributed by atoms with Gasteiger partial charge >= 0.3 is 0 Å². The van der Waals surface area contributed by atoms with E-state index in [4.69, 9.17) is 4.98 Å². The van der Waals surface area contributed by atoms with Crippen molar-refractivity contribution in [3.8, 4) is 28.3 Å². The fraction of sp³-hybridized carbons (Fsp3) is 0.170. The van der Waals surface area contributed by atoms with Gasteiger partial charge in [0, 0.05) is 36.7 Å². The smallest absolute Gasteiger partial charge is 0.0795 e. The van der Waals surface area contributed by atoms with Gasteiger partial charge in [-0.05, 0) is 77.6 Å². The summed E-state index contributed by atoms with van der Waals surface area (Å²) in [5.41, 5.74) is 9.20. The first-order valence-corrected chi connectivity index (χ1v) is 24.6. The molecule has 1 radical (unpaired) electrons. The summed E-state index contributed by atoms with van der Waals surface area (Å²) in [6, 6.07) is 56.5. The van der Waals surface area contributed by atoms with Crippen molar-refractivity contribution >= 4 is 77.3 Å². The zero-order chi connectivity index (χ0) is 40.1. The van der Waals surface area contributed by atoms with Gasteiger partial charge in [-0.2, -0.15) is 11.3 Å². The Kier molecular flexibility index (Phi) is 11.3. The molecular weight excluding hydrogens is 931 g/mol. The maximum absolute atomic E-state index is 5.32. The van der Waals surface area contributed by atoms with Crippen molar-refractivity contribution < 1.29 is 20.1 Å². The Labute approximate surface area is 366 Å². The molecule has 3 nitrogen and oxygen atoms in total. The average Bonchev–Trinajstić information content (AvgIpc) is 3.82. The molecule has 7 aromatic carbocycles. The van der Waals surface area contributed by atoms with Crippen molar-refractivity contribution in [1.82, 2.24) is 14.5 Å². The summed E-state index contributed by atoms with van der Waals surface area (Å²) >= 11 is 1.87. The molecule has 3 aromatic heterocycles. The summed E-state index contributed by atoms with van der Waals surface area (Å²) in [7, 11) is -1.23. The molecule has 0 aliphatic heterocycles. The van der Waals surface area contributed by atoms with Crippen LogP contribution in [0.3, 0.4) is 0 Å². The predicted octanol–water partition coefficient (Wildman–Crippen LogP) is 14.5. The Bertz CT molecular complexity index is 3080. The number of benzene rings is 7. The maximum Gasteiger partial charge on any atom is 0.0795 e. The van der Waals surface area contributed by atoms with Crippen molar-refractivity contribution in [1.29, 1.82) is 0 Å². The Morgan fingerprint density at radius 3 is 1.98 bits per heavy atom. The summed E-state index contributed by atoms with van der Waals surface area (Å²) in [6.45, 7) is 16.1. The molecule has 59 heavy (non-hydrogen) atoms. The molecule has 0 fully saturated rings. The molecule has 0 atom stereocenters. The average molecular weight is 978 g/mol. The Balaban J connectivity index is 0.000000240. The number of hydrogen-bond acceptors (Lipinski definition) is 3. The van der Waals surface area contributed by atoms with E-state index in [1.807, 2.05) is 41.8 Å². The SMILES string of the molecule is CC(C)c1cccc(C(C)C)c1-n1c(-c2[c-]ccc3c2sc2c3ccc3c4ccccc4ccc32)nc2ccccc21.C[Si](C)(C)c1ccc(-c2[c-]cccc2)nc1.[Ir]. The van der Waals surface area contributed by atoms with Crippen molar-refractivity contribution in [2.45, 2.75) is 59.2 Å². The molecule has 10 rings (SSSR count). The number of nitrogens with zero attached hydrogens (tertiary/aromatic N) is 3. The number of rotatable bonds is 6. The van der Waals surface area contributed by atoms with Gasteiger partial charge in [0.25, 0.3) is 0 Å². The van der Waals surface area contributed by atoms with Crippen molar-refractivity contribution in [3.63, 3.8) is 0 Å². The van der Waals surface area contributed by atoms with Crippen LogP contribution in [0.15, 0.2) is 146 Å². The molecule has 0 saturated heterocycles. The van der Waals surface area contributed by atoms with E-state index in [2.05, 4.69) is 184 Å². The second kappa shape index (κ2) is 16.4. The first-order chi connectivity index (χ1) is 28.1. The van der Waals surface area contributed by atoms with E-state index in [9.17, 15) is 0 Å². The van der Waals surface area contributed by atoms with Gasteiger partial charge in [-0.3, -0.25) is 4.98 Å². The molecule has 0 spiro atoms. The molecule has 0 aliphatic rings. The zero-order valence-electron chi connectivity index (χ0n) is 34.6. The Hall–Kier alpha value is -5.23. The number of pyridine rings is 1. The zero-order valence-corrected chi connectivity index (χ0v) is 38.8. The molecule has 0 aliphatic carbocycles. The summed E-state index contributed by atoms with van der Waals surface area (Å²) in [5, 5.41) is 9.14. The number of fused-ring (bicyclic) bond motifs is 8. The monoisotopic (exact) mass is 978 g/mol.